The van der Waals surface area contributed by atoms with Crippen molar-refractivity contribution in [2.75, 3.05) is 40.4 Å². The fraction of sp³-hybridized carbons (Fsp3) is 0.550. The molecule has 1 aromatic carbocycles. The molecule has 8 heteroatoms. The van der Waals surface area contributed by atoms with Gasteiger partial charge in [-0.05, 0) is 31.0 Å². The zero-order valence-corrected chi connectivity index (χ0v) is 16.6. The van der Waals surface area contributed by atoms with E-state index in [4.69, 9.17) is 9.47 Å². The molecule has 1 aromatic rings. The molecule has 0 saturated carbocycles. The fourth-order valence-corrected chi connectivity index (χ4v) is 3.09. The molecule has 28 heavy (non-hydrogen) atoms. The van der Waals surface area contributed by atoms with Gasteiger partial charge in [0.05, 0.1) is 20.8 Å². The molecule has 0 aliphatic carbocycles. The van der Waals surface area contributed by atoms with Gasteiger partial charge in [-0.2, -0.15) is 0 Å². The van der Waals surface area contributed by atoms with Crippen LogP contribution in [0.3, 0.4) is 0 Å². The molecule has 0 unspecified atom stereocenters. The van der Waals surface area contributed by atoms with Crippen molar-refractivity contribution in [1.82, 2.24) is 15.5 Å². The van der Waals surface area contributed by atoms with Crippen LogP contribution in [0, 0.1) is 0 Å². The number of nitrogens with one attached hydrogen (secondary N) is 2. The molecule has 0 aromatic heterocycles. The fourth-order valence-electron chi connectivity index (χ4n) is 3.09. The van der Waals surface area contributed by atoms with Gasteiger partial charge in [0.25, 0.3) is 5.91 Å². The number of methoxy groups -OCH3 is 2. The van der Waals surface area contributed by atoms with Crippen molar-refractivity contribution >= 4 is 17.7 Å². The predicted octanol–water partition coefficient (Wildman–Crippen LogP) is 1.34. The second kappa shape index (κ2) is 11.2. The minimum atomic E-state index is -0.392. The van der Waals surface area contributed by atoms with Gasteiger partial charge in [0, 0.05) is 31.6 Å². The normalized spacial score (nSPS) is 14.0. The van der Waals surface area contributed by atoms with Crippen LogP contribution in [0.1, 0.15) is 42.5 Å². The topological polar surface area (TPSA) is 97.0 Å². The summed E-state index contributed by atoms with van der Waals surface area (Å²) in [7, 11) is 3.00. The monoisotopic (exact) mass is 391 g/mol. The van der Waals surface area contributed by atoms with E-state index in [1.165, 1.54) is 27.1 Å². The number of carbonyl (C=O) groups is 3. The zero-order valence-electron chi connectivity index (χ0n) is 16.6. The maximum Gasteiger partial charge on any atom is 0.251 e. The largest absolute Gasteiger partial charge is 0.493 e. The SMILES string of the molecule is COc1ccc(C(=O)NCC(=O)NCCC(=O)N2CCCCCC2)cc1OC. The van der Waals surface area contributed by atoms with Gasteiger partial charge >= 0.3 is 0 Å². The van der Waals surface area contributed by atoms with Crippen LogP contribution in [0.5, 0.6) is 11.5 Å². The van der Waals surface area contributed by atoms with Crippen molar-refractivity contribution in [3.05, 3.63) is 23.8 Å². The lowest BCUT2D eigenvalue weighted by molar-refractivity contribution is -0.131. The number of likely N-dealkylation sites (tertiary alicyclic amines) is 1. The number of hydrogen-bond donors (Lipinski definition) is 2. The molecule has 2 N–H and O–H groups in total. The Kier molecular flexibility index (Phi) is 8.58. The van der Waals surface area contributed by atoms with Crippen LogP contribution in [0.2, 0.25) is 0 Å². The van der Waals surface area contributed by atoms with Crippen molar-refractivity contribution in [1.29, 1.82) is 0 Å². The summed E-state index contributed by atoms with van der Waals surface area (Å²) < 4.78 is 10.3. The number of nitrogens with zero attached hydrogens (tertiary/aromatic N) is 1. The quantitative estimate of drug-likeness (QED) is 0.697. The van der Waals surface area contributed by atoms with Crippen LogP contribution < -0.4 is 20.1 Å². The van der Waals surface area contributed by atoms with Gasteiger partial charge in [-0.3, -0.25) is 14.4 Å². The molecular formula is C20H29N3O5. The Morgan fingerprint density at radius 1 is 0.964 bits per heavy atom. The van der Waals surface area contributed by atoms with Gasteiger partial charge in [-0.25, -0.2) is 0 Å². The average Bonchev–Trinajstić information content (AvgIpc) is 3.01. The lowest BCUT2D eigenvalue weighted by Gasteiger charge is -2.20. The Bertz CT molecular complexity index is 684. The first-order chi connectivity index (χ1) is 13.5. The van der Waals surface area contributed by atoms with Crippen molar-refractivity contribution < 1.29 is 23.9 Å². The molecule has 2 rings (SSSR count). The molecule has 0 bridgehead atoms. The molecule has 1 aliphatic heterocycles. The molecule has 1 fully saturated rings. The number of ether oxygens (including phenoxy) is 2. The first-order valence-corrected chi connectivity index (χ1v) is 9.60. The lowest BCUT2D eigenvalue weighted by Crippen LogP contribution is -2.39. The Morgan fingerprint density at radius 2 is 1.64 bits per heavy atom. The summed E-state index contributed by atoms with van der Waals surface area (Å²) in [4.78, 5) is 38.2. The molecule has 3 amide bonds. The van der Waals surface area contributed by atoms with Gasteiger partial charge in [0.15, 0.2) is 11.5 Å². The van der Waals surface area contributed by atoms with Crippen LogP contribution in [-0.2, 0) is 9.59 Å². The molecular weight excluding hydrogens is 362 g/mol. The third-order valence-corrected chi connectivity index (χ3v) is 4.68. The Labute approximate surface area is 165 Å². The van der Waals surface area contributed by atoms with E-state index in [-0.39, 0.29) is 31.3 Å². The zero-order chi connectivity index (χ0) is 20.4. The molecule has 1 aliphatic rings. The minimum absolute atomic E-state index is 0.0663. The second-order valence-electron chi connectivity index (χ2n) is 6.65. The van der Waals surface area contributed by atoms with E-state index in [9.17, 15) is 14.4 Å². The summed E-state index contributed by atoms with van der Waals surface area (Å²) in [6.07, 6.45) is 4.69. The first kappa shape index (κ1) is 21.5. The smallest absolute Gasteiger partial charge is 0.251 e. The van der Waals surface area contributed by atoms with Gasteiger partial charge in [0.1, 0.15) is 0 Å². The van der Waals surface area contributed by atoms with Gasteiger partial charge in [-0.1, -0.05) is 12.8 Å². The number of benzene rings is 1. The van der Waals surface area contributed by atoms with E-state index in [2.05, 4.69) is 10.6 Å². The average molecular weight is 391 g/mol. The van der Waals surface area contributed by atoms with Gasteiger partial charge < -0.3 is 25.0 Å². The van der Waals surface area contributed by atoms with Crippen molar-refractivity contribution in [2.45, 2.75) is 32.1 Å². The highest BCUT2D eigenvalue weighted by molar-refractivity contribution is 5.97. The standard InChI is InChI=1S/C20H29N3O5/c1-27-16-8-7-15(13-17(16)28-2)20(26)22-14-18(24)21-10-9-19(25)23-11-5-3-4-6-12-23/h7-8,13H,3-6,9-12,14H2,1-2H3,(H,21,24)(H,22,26). The summed E-state index contributed by atoms with van der Waals surface area (Å²) in [5, 5.41) is 5.22. The molecule has 1 saturated heterocycles. The molecule has 0 spiro atoms. The second-order valence-corrected chi connectivity index (χ2v) is 6.65. The Hall–Kier alpha value is -2.77. The van der Waals surface area contributed by atoms with E-state index in [1.807, 2.05) is 4.90 Å². The van der Waals surface area contributed by atoms with Gasteiger partial charge in [-0.15, -0.1) is 0 Å². The summed E-state index contributed by atoms with van der Waals surface area (Å²) in [5.41, 5.74) is 0.363. The maximum atomic E-state index is 12.2. The van der Waals surface area contributed by atoms with Gasteiger partial charge in [0.2, 0.25) is 11.8 Å². The van der Waals surface area contributed by atoms with Crippen molar-refractivity contribution in [3.8, 4) is 11.5 Å². The summed E-state index contributed by atoms with van der Waals surface area (Å²) in [6, 6.07) is 4.77. The van der Waals surface area contributed by atoms with Crippen LogP contribution >= 0.6 is 0 Å². The maximum absolute atomic E-state index is 12.2. The highest BCUT2D eigenvalue weighted by atomic mass is 16.5. The third-order valence-electron chi connectivity index (χ3n) is 4.68. The van der Waals surface area contributed by atoms with Crippen molar-refractivity contribution in [2.24, 2.45) is 0 Å². The molecule has 8 nitrogen and oxygen atoms in total. The van der Waals surface area contributed by atoms with E-state index in [0.29, 0.717) is 17.1 Å². The number of amides is 3. The van der Waals surface area contributed by atoms with Crippen LogP contribution in [0.4, 0.5) is 0 Å². The number of rotatable bonds is 8. The van der Waals surface area contributed by atoms with E-state index < -0.39 is 5.91 Å². The summed E-state index contributed by atoms with van der Waals surface area (Å²) in [6.45, 7) is 1.70. The molecule has 0 radical (unpaired) electrons. The molecule has 154 valence electrons. The van der Waals surface area contributed by atoms with E-state index in [1.54, 1.807) is 18.2 Å². The molecule has 0 atom stereocenters. The summed E-state index contributed by atoms with van der Waals surface area (Å²) in [5.74, 6) is 0.295. The van der Waals surface area contributed by atoms with Crippen LogP contribution in [-0.4, -0.2) is 63.0 Å². The lowest BCUT2D eigenvalue weighted by atomic mass is 10.2. The van der Waals surface area contributed by atoms with Crippen molar-refractivity contribution in [3.63, 3.8) is 0 Å². The predicted molar refractivity (Wildman–Crippen MR) is 105 cm³/mol. The molecule has 1 heterocycles. The highest BCUT2D eigenvalue weighted by Gasteiger charge is 2.16. The first-order valence-electron chi connectivity index (χ1n) is 9.60. The van der Waals surface area contributed by atoms with Crippen LogP contribution in [0.25, 0.3) is 0 Å². The van der Waals surface area contributed by atoms with Crippen LogP contribution in [0.15, 0.2) is 18.2 Å². The Morgan fingerprint density at radius 3 is 2.29 bits per heavy atom. The highest BCUT2D eigenvalue weighted by Crippen LogP contribution is 2.27. The summed E-state index contributed by atoms with van der Waals surface area (Å²) >= 11 is 0. The van der Waals surface area contributed by atoms with E-state index in [0.717, 1.165) is 25.9 Å². The Balaban J connectivity index is 1.71. The minimum Gasteiger partial charge on any atom is -0.493 e. The van der Waals surface area contributed by atoms with E-state index >= 15 is 0 Å². The number of hydrogen-bond acceptors (Lipinski definition) is 5. The number of carbonyl (C=O) groups excluding carboxylic acids is 3. The third kappa shape index (κ3) is 6.44.